The van der Waals surface area contributed by atoms with E-state index >= 15 is 0 Å². The Bertz CT molecular complexity index is 1150. The molecule has 1 amide bonds. The number of amides is 1. The third kappa shape index (κ3) is 4.99. The number of fused-ring (bicyclic) bond motifs is 1. The maximum Gasteiger partial charge on any atom is 0.307 e. The first-order valence-electron chi connectivity index (χ1n) is 11.0. The number of anilines is 1. The van der Waals surface area contributed by atoms with Crippen molar-refractivity contribution < 1.29 is 14.7 Å². The van der Waals surface area contributed by atoms with E-state index in [1.165, 1.54) is 22.3 Å². The van der Waals surface area contributed by atoms with Gasteiger partial charge in [0, 0.05) is 11.4 Å². The number of hydrogen-bond donors (Lipinski definition) is 2. The molecule has 2 N–H and O–H groups in total. The van der Waals surface area contributed by atoms with Gasteiger partial charge in [0.15, 0.2) is 4.34 Å². The molecule has 5 nitrogen and oxygen atoms in total. The van der Waals surface area contributed by atoms with Crippen LogP contribution in [0.15, 0.2) is 34.7 Å². The highest BCUT2D eigenvalue weighted by atomic mass is 32.2. The third-order valence-corrected chi connectivity index (χ3v) is 8.42. The Morgan fingerprint density at radius 3 is 2.47 bits per heavy atom. The van der Waals surface area contributed by atoms with Crippen LogP contribution in [-0.2, 0) is 15.3 Å². The second kappa shape index (κ2) is 9.63. The van der Waals surface area contributed by atoms with Crippen molar-refractivity contribution in [3.05, 3.63) is 52.6 Å². The number of carboxylic acids is 1. The summed E-state index contributed by atoms with van der Waals surface area (Å²) in [5.74, 6) is -1.25. The molecule has 0 unspecified atom stereocenters. The molecule has 4 rings (SSSR count). The summed E-state index contributed by atoms with van der Waals surface area (Å²) >= 11 is 3.35. The Morgan fingerprint density at radius 1 is 1.09 bits per heavy atom. The highest BCUT2D eigenvalue weighted by molar-refractivity contribution is 8.00. The first kappa shape index (κ1) is 22.8. The van der Waals surface area contributed by atoms with Gasteiger partial charge < -0.3 is 10.4 Å². The molecule has 2 atom stereocenters. The highest BCUT2D eigenvalue weighted by Crippen LogP contribution is 2.35. The average molecular weight is 469 g/mol. The van der Waals surface area contributed by atoms with E-state index in [0.29, 0.717) is 18.5 Å². The zero-order valence-corrected chi connectivity index (χ0v) is 20.2. The Kier molecular flexibility index (Phi) is 6.86. The highest BCUT2D eigenvalue weighted by Gasteiger charge is 2.35. The van der Waals surface area contributed by atoms with E-state index < -0.39 is 17.8 Å². The number of aryl methyl sites for hydroxylation is 3. The van der Waals surface area contributed by atoms with Crippen molar-refractivity contribution in [2.24, 2.45) is 11.8 Å². The number of carbonyl (C=O) groups is 2. The molecular formula is C25H28N2O3S2. The number of aliphatic carboxylic acids is 1. The molecule has 32 heavy (non-hydrogen) atoms. The van der Waals surface area contributed by atoms with Gasteiger partial charge in [-0.2, -0.15) is 0 Å². The van der Waals surface area contributed by atoms with Crippen LogP contribution in [-0.4, -0.2) is 22.0 Å². The van der Waals surface area contributed by atoms with Crippen molar-refractivity contribution in [2.45, 2.75) is 56.5 Å². The van der Waals surface area contributed by atoms with Gasteiger partial charge in [0.05, 0.1) is 22.1 Å². The number of thioether (sulfide) groups is 1. The lowest BCUT2D eigenvalue weighted by Crippen LogP contribution is -2.36. The second-order valence-electron chi connectivity index (χ2n) is 8.65. The Labute approximate surface area is 196 Å². The number of carbonyl (C=O) groups excluding carboxylic acids is 1. The van der Waals surface area contributed by atoms with E-state index in [2.05, 4.69) is 38.2 Å². The number of aromatic nitrogens is 1. The van der Waals surface area contributed by atoms with Crippen molar-refractivity contribution in [3.8, 4) is 0 Å². The lowest BCUT2D eigenvalue weighted by atomic mass is 9.78. The number of thiazole rings is 1. The molecule has 0 aliphatic heterocycles. The molecule has 0 spiro atoms. The molecule has 168 valence electrons. The number of carboxylic acid groups (broad SMARTS) is 1. The smallest absolute Gasteiger partial charge is 0.307 e. The van der Waals surface area contributed by atoms with Gasteiger partial charge in [-0.15, -0.1) is 11.3 Å². The van der Waals surface area contributed by atoms with E-state index in [1.807, 2.05) is 18.2 Å². The standard InChI is InChI=1S/C25H28N2O3S2/c1-14-10-15(2)20(16(3)11-14)13-31-25-27-21-9-8-17(12-22(21)32-25)26-23(28)18-6-4-5-7-19(18)24(29)30/h8-12,18-19H,4-7,13H2,1-3H3,(H,26,28)(H,29,30)/t18-,19-/m0/s1. The Balaban J connectivity index is 1.46. The van der Waals surface area contributed by atoms with E-state index in [-0.39, 0.29) is 5.91 Å². The van der Waals surface area contributed by atoms with Gasteiger partial charge in [0.1, 0.15) is 0 Å². The summed E-state index contributed by atoms with van der Waals surface area (Å²) in [7, 11) is 0. The second-order valence-corrected chi connectivity index (χ2v) is 10.9. The fraction of sp³-hybridized carbons (Fsp3) is 0.400. The van der Waals surface area contributed by atoms with Gasteiger partial charge in [0.2, 0.25) is 5.91 Å². The van der Waals surface area contributed by atoms with Gasteiger partial charge in [-0.1, -0.05) is 42.3 Å². The van der Waals surface area contributed by atoms with Gasteiger partial charge in [-0.3, -0.25) is 9.59 Å². The van der Waals surface area contributed by atoms with Crippen LogP contribution < -0.4 is 5.32 Å². The number of rotatable bonds is 6. The van der Waals surface area contributed by atoms with Crippen LogP contribution in [0.5, 0.6) is 0 Å². The fourth-order valence-electron chi connectivity index (χ4n) is 4.59. The summed E-state index contributed by atoms with van der Waals surface area (Å²) in [6, 6.07) is 10.1. The van der Waals surface area contributed by atoms with Gasteiger partial charge in [-0.05, 0) is 68.5 Å². The first-order chi connectivity index (χ1) is 15.3. The molecule has 3 aromatic rings. The minimum atomic E-state index is -0.872. The maximum atomic E-state index is 12.8. The van der Waals surface area contributed by atoms with Crippen molar-refractivity contribution in [2.75, 3.05) is 5.32 Å². The molecule has 1 heterocycles. The summed E-state index contributed by atoms with van der Waals surface area (Å²) in [4.78, 5) is 29.1. The van der Waals surface area contributed by atoms with Crippen molar-refractivity contribution in [3.63, 3.8) is 0 Å². The molecule has 7 heteroatoms. The van der Waals surface area contributed by atoms with Gasteiger partial charge in [0.25, 0.3) is 0 Å². The van der Waals surface area contributed by atoms with Crippen LogP contribution in [0, 0.1) is 32.6 Å². The summed E-state index contributed by atoms with van der Waals surface area (Å²) in [6.45, 7) is 6.44. The van der Waals surface area contributed by atoms with Crippen LogP contribution in [0.2, 0.25) is 0 Å². The van der Waals surface area contributed by atoms with Crippen LogP contribution in [0.1, 0.15) is 47.9 Å². The largest absolute Gasteiger partial charge is 0.481 e. The first-order valence-corrected chi connectivity index (χ1v) is 12.8. The normalized spacial score (nSPS) is 18.6. The summed E-state index contributed by atoms with van der Waals surface area (Å²) < 4.78 is 2.02. The van der Waals surface area contributed by atoms with E-state index in [4.69, 9.17) is 4.98 Å². The van der Waals surface area contributed by atoms with E-state index in [0.717, 1.165) is 33.2 Å². The van der Waals surface area contributed by atoms with Crippen LogP contribution in [0.25, 0.3) is 10.2 Å². The van der Waals surface area contributed by atoms with Crippen molar-refractivity contribution in [1.29, 1.82) is 0 Å². The van der Waals surface area contributed by atoms with Crippen molar-refractivity contribution >= 4 is 50.9 Å². The minimum absolute atomic E-state index is 0.194. The average Bonchev–Trinajstić information content (AvgIpc) is 3.15. The molecule has 2 aromatic carbocycles. The fourth-order valence-corrected chi connectivity index (χ4v) is 6.89. The SMILES string of the molecule is Cc1cc(C)c(CSc2nc3ccc(NC(=O)[C@H]4CCCC[C@@H]4C(=O)O)cc3s2)c(C)c1. The minimum Gasteiger partial charge on any atom is -0.481 e. The maximum absolute atomic E-state index is 12.8. The van der Waals surface area contributed by atoms with Crippen LogP contribution in [0.3, 0.4) is 0 Å². The van der Waals surface area contributed by atoms with Crippen LogP contribution >= 0.6 is 23.1 Å². The molecule has 0 radical (unpaired) electrons. The molecule has 1 fully saturated rings. The van der Waals surface area contributed by atoms with Crippen LogP contribution in [0.4, 0.5) is 5.69 Å². The summed E-state index contributed by atoms with van der Waals surface area (Å²) in [5, 5.41) is 12.4. The van der Waals surface area contributed by atoms with E-state index in [9.17, 15) is 14.7 Å². The van der Waals surface area contributed by atoms with Crippen molar-refractivity contribution in [1.82, 2.24) is 4.98 Å². The van der Waals surface area contributed by atoms with Gasteiger partial charge in [-0.25, -0.2) is 4.98 Å². The molecule has 1 aromatic heterocycles. The predicted octanol–water partition coefficient (Wildman–Crippen LogP) is 6.34. The molecule has 1 aliphatic carbocycles. The molecule has 0 saturated heterocycles. The zero-order chi connectivity index (χ0) is 22.8. The summed E-state index contributed by atoms with van der Waals surface area (Å²) in [6.07, 6.45) is 2.97. The van der Waals surface area contributed by atoms with Gasteiger partial charge >= 0.3 is 5.97 Å². The number of benzene rings is 2. The zero-order valence-electron chi connectivity index (χ0n) is 18.6. The molecule has 1 aliphatic rings. The molecule has 1 saturated carbocycles. The lowest BCUT2D eigenvalue weighted by Gasteiger charge is -2.27. The lowest BCUT2D eigenvalue weighted by molar-refractivity contribution is -0.147. The van der Waals surface area contributed by atoms with E-state index in [1.54, 1.807) is 23.1 Å². The molecule has 0 bridgehead atoms. The number of nitrogens with one attached hydrogen (secondary N) is 1. The predicted molar refractivity (Wildman–Crippen MR) is 132 cm³/mol. The Morgan fingerprint density at radius 2 is 1.78 bits per heavy atom. The Hall–Kier alpha value is -2.38. The third-order valence-electron chi connectivity index (χ3n) is 6.24. The topological polar surface area (TPSA) is 79.3 Å². The quantitative estimate of drug-likeness (QED) is 0.413. The molecular weight excluding hydrogens is 440 g/mol. The monoisotopic (exact) mass is 468 g/mol. The number of nitrogens with zero attached hydrogens (tertiary/aromatic N) is 1. The number of hydrogen-bond acceptors (Lipinski definition) is 5. The summed E-state index contributed by atoms with van der Waals surface area (Å²) in [5.41, 5.74) is 6.86.